The zero-order valence-corrected chi connectivity index (χ0v) is 10.4. The van der Waals surface area contributed by atoms with E-state index in [4.69, 9.17) is 5.73 Å². The smallest absolute Gasteiger partial charge is 0.250 e. The number of hydrogen-bond acceptors (Lipinski definition) is 4. The Morgan fingerprint density at radius 3 is 3.05 bits per heavy atom. The molecular weight excluding hydrogens is 242 g/mol. The van der Waals surface area contributed by atoms with Crippen LogP contribution in [0.25, 0.3) is 11.0 Å². The number of aromatic nitrogens is 2. The zero-order chi connectivity index (χ0) is 13.0. The first-order valence-electron chi connectivity index (χ1n) is 6.51. The summed E-state index contributed by atoms with van der Waals surface area (Å²) >= 11 is 0. The molecular formula is C13H15N5O. The SMILES string of the molecule is NC(=O)c1cccc2[nH]c(N3C[C@@H]4C[C@H]3CN4)nc12. The first-order valence-corrected chi connectivity index (χ1v) is 6.51. The van der Waals surface area contributed by atoms with Crippen LogP contribution in [0.5, 0.6) is 0 Å². The molecule has 1 amide bonds. The molecule has 0 radical (unpaired) electrons. The Kier molecular flexibility index (Phi) is 2.11. The Balaban J connectivity index is 1.80. The third-order valence-electron chi connectivity index (χ3n) is 4.09. The molecule has 6 heteroatoms. The number of rotatable bonds is 2. The normalized spacial score (nSPS) is 25.4. The number of fused-ring (bicyclic) bond motifs is 3. The highest BCUT2D eigenvalue weighted by atomic mass is 16.1. The Labute approximate surface area is 110 Å². The van der Waals surface area contributed by atoms with E-state index in [2.05, 4.69) is 20.2 Å². The van der Waals surface area contributed by atoms with Crippen LogP contribution in [0.3, 0.4) is 0 Å². The number of primary amides is 1. The number of nitrogens with one attached hydrogen (secondary N) is 2. The first-order chi connectivity index (χ1) is 9.22. The summed E-state index contributed by atoms with van der Waals surface area (Å²) in [6.45, 7) is 1.97. The van der Waals surface area contributed by atoms with Crippen LogP contribution in [-0.2, 0) is 0 Å². The van der Waals surface area contributed by atoms with Crippen LogP contribution in [0.15, 0.2) is 18.2 Å². The summed E-state index contributed by atoms with van der Waals surface area (Å²) in [5.41, 5.74) is 7.39. The number of carbonyl (C=O) groups excluding carboxylic acids is 1. The molecule has 2 saturated heterocycles. The summed E-state index contributed by atoms with van der Waals surface area (Å²) < 4.78 is 0. The molecule has 19 heavy (non-hydrogen) atoms. The van der Waals surface area contributed by atoms with Gasteiger partial charge in [-0.25, -0.2) is 4.98 Å². The van der Waals surface area contributed by atoms with Gasteiger partial charge in [0.25, 0.3) is 5.91 Å². The maximum atomic E-state index is 11.4. The summed E-state index contributed by atoms with van der Waals surface area (Å²) in [6.07, 6.45) is 1.17. The van der Waals surface area contributed by atoms with Gasteiger partial charge in [0.2, 0.25) is 5.95 Å². The molecule has 2 bridgehead atoms. The number of nitrogens with two attached hydrogens (primary N) is 1. The van der Waals surface area contributed by atoms with Crippen molar-refractivity contribution in [2.75, 3.05) is 18.0 Å². The van der Waals surface area contributed by atoms with E-state index in [1.165, 1.54) is 6.42 Å². The van der Waals surface area contributed by atoms with Gasteiger partial charge in [0.1, 0.15) is 5.52 Å². The standard InChI is InChI=1S/C13H15N5O/c14-12(19)9-2-1-3-10-11(9)17-13(16-10)18-6-7-4-8(18)5-15-7/h1-3,7-8,15H,4-6H2,(H2,14,19)(H,16,17)/t7-,8-/m0/s1. The highest BCUT2D eigenvalue weighted by Crippen LogP contribution is 2.29. The van der Waals surface area contributed by atoms with E-state index in [-0.39, 0.29) is 0 Å². The van der Waals surface area contributed by atoms with Crippen molar-refractivity contribution in [3.05, 3.63) is 23.8 Å². The van der Waals surface area contributed by atoms with Crippen molar-refractivity contribution >= 4 is 22.9 Å². The zero-order valence-electron chi connectivity index (χ0n) is 10.4. The van der Waals surface area contributed by atoms with Gasteiger partial charge in [-0.2, -0.15) is 0 Å². The molecule has 98 valence electrons. The molecule has 4 rings (SSSR count). The molecule has 3 heterocycles. The number of anilines is 1. The molecule has 0 spiro atoms. The molecule has 6 nitrogen and oxygen atoms in total. The lowest BCUT2D eigenvalue weighted by Gasteiger charge is -2.26. The number of piperazine rings is 1. The lowest BCUT2D eigenvalue weighted by atomic mass is 10.2. The van der Waals surface area contributed by atoms with E-state index in [9.17, 15) is 4.79 Å². The summed E-state index contributed by atoms with van der Waals surface area (Å²) in [7, 11) is 0. The van der Waals surface area contributed by atoms with Gasteiger partial charge in [0.15, 0.2) is 0 Å². The molecule has 4 N–H and O–H groups in total. The number of amides is 1. The number of H-pyrrole nitrogens is 1. The Morgan fingerprint density at radius 2 is 2.37 bits per heavy atom. The number of aromatic amines is 1. The van der Waals surface area contributed by atoms with E-state index in [0.717, 1.165) is 24.6 Å². The quantitative estimate of drug-likeness (QED) is 0.718. The predicted molar refractivity (Wildman–Crippen MR) is 72.2 cm³/mol. The predicted octanol–water partition coefficient (Wildman–Crippen LogP) is 0.212. The minimum atomic E-state index is -0.437. The number of hydrogen-bond donors (Lipinski definition) is 3. The highest BCUT2D eigenvalue weighted by molar-refractivity contribution is 6.04. The van der Waals surface area contributed by atoms with E-state index in [1.807, 2.05) is 12.1 Å². The fourth-order valence-electron chi connectivity index (χ4n) is 3.17. The lowest BCUT2D eigenvalue weighted by molar-refractivity contribution is 0.100. The van der Waals surface area contributed by atoms with Crippen LogP contribution in [0.2, 0.25) is 0 Å². The molecule has 2 aromatic rings. The number of imidazole rings is 1. The topological polar surface area (TPSA) is 87.0 Å². The van der Waals surface area contributed by atoms with Crippen molar-refractivity contribution in [1.29, 1.82) is 0 Å². The monoisotopic (exact) mass is 257 g/mol. The Bertz CT molecular complexity index is 664. The Morgan fingerprint density at radius 1 is 1.47 bits per heavy atom. The molecule has 0 unspecified atom stereocenters. The van der Waals surface area contributed by atoms with Gasteiger partial charge >= 0.3 is 0 Å². The van der Waals surface area contributed by atoms with E-state index in [0.29, 0.717) is 23.2 Å². The maximum Gasteiger partial charge on any atom is 0.250 e. The molecule has 1 aromatic carbocycles. The van der Waals surface area contributed by atoms with Gasteiger partial charge in [0, 0.05) is 25.2 Å². The van der Waals surface area contributed by atoms with Gasteiger partial charge in [-0.3, -0.25) is 4.79 Å². The van der Waals surface area contributed by atoms with Gasteiger partial charge in [-0.05, 0) is 18.6 Å². The largest absolute Gasteiger partial charge is 0.366 e. The lowest BCUT2D eigenvalue weighted by Crippen LogP contribution is -2.44. The van der Waals surface area contributed by atoms with E-state index < -0.39 is 5.91 Å². The minimum Gasteiger partial charge on any atom is -0.366 e. The molecule has 2 fully saturated rings. The maximum absolute atomic E-state index is 11.4. The first kappa shape index (κ1) is 10.8. The van der Waals surface area contributed by atoms with Crippen LogP contribution >= 0.6 is 0 Å². The van der Waals surface area contributed by atoms with Crippen LogP contribution in [0.1, 0.15) is 16.8 Å². The third kappa shape index (κ3) is 1.53. The fourth-order valence-corrected chi connectivity index (χ4v) is 3.17. The molecule has 0 aliphatic carbocycles. The van der Waals surface area contributed by atoms with Crippen LogP contribution in [-0.4, -0.2) is 41.0 Å². The van der Waals surface area contributed by atoms with Crippen LogP contribution in [0.4, 0.5) is 5.95 Å². The average Bonchev–Trinajstić information content (AvgIpc) is 3.11. The molecule has 2 aliphatic heterocycles. The van der Waals surface area contributed by atoms with Gasteiger partial charge in [0.05, 0.1) is 11.1 Å². The van der Waals surface area contributed by atoms with Gasteiger partial charge in [-0.15, -0.1) is 0 Å². The van der Waals surface area contributed by atoms with Gasteiger partial charge in [-0.1, -0.05) is 6.07 Å². The Hall–Kier alpha value is -2.08. The number of benzene rings is 1. The number of nitrogens with zero attached hydrogens (tertiary/aromatic N) is 2. The summed E-state index contributed by atoms with van der Waals surface area (Å²) in [5, 5.41) is 3.46. The van der Waals surface area contributed by atoms with Crippen molar-refractivity contribution in [3.63, 3.8) is 0 Å². The van der Waals surface area contributed by atoms with Crippen molar-refractivity contribution in [3.8, 4) is 0 Å². The fraction of sp³-hybridized carbons (Fsp3) is 0.385. The van der Waals surface area contributed by atoms with Crippen LogP contribution < -0.4 is 16.0 Å². The average molecular weight is 257 g/mol. The van der Waals surface area contributed by atoms with Gasteiger partial charge < -0.3 is 20.9 Å². The van der Waals surface area contributed by atoms with E-state index in [1.54, 1.807) is 6.07 Å². The highest BCUT2D eigenvalue weighted by Gasteiger charge is 2.38. The number of para-hydroxylation sites is 1. The van der Waals surface area contributed by atoms with Crippen molar-refractivity contribution in [2.45, 2.75) is 18.5 Å². The summed E-state index contributed by atoms with van der Waals surface area (Å²) in [4.78, 5) is 21.6. The second-order valence-electron chi connectivity index (χ2n) is 5.27. The van der Waals surface area contributed by atoms with Crippen molar-refractivity contribution < 1.29 is 4.79 Å². The second-order valence-corrected chi connectivity index (χ2v) is 5.27. The van der Waals surface area contributed by atoms with Crippen LogP contribution in [0, 0.1) is 0 Å². The molecule has 1 aromatic heterocycles. The molecule has 0 saturated carbocycles. The van der Waals surface area contributed by atoms with Crippen molar-refractivity contribution in [2.24, 2.45) is 5.73 Å². The second kappa shape index (κ2) is 3.71. The van der Waals surface area contributed by atoms with E-state index >= 15 is 0 Å². The molecule has 2 aliphatic rings. The molecule has 2 atom stereocenters. The summed E-state index contributed by atoms with van der Waals surface area (Å²) in [6, 6.07) is 6.52. The van der Waals surface area contributed by atoms with Crippen molar-refractivity contribution in [1.82, 2.24) is 15.3 Å². The third-order valence-corrected chi connectivity index (χ3v) is 4.09. The summed E-state index contributed by atoms with van der Waals surface area (Å²) in [5.74, 6) is 0.408. The minimum absolute atomic E-state index is 0.437. The number of carbonyl (C=O) groups is 1.